The van der Waals surface area contributed by atoms with Gasteiger partial charge in [0.2, 0.25) is 0 Å². The summed E-state index contributed by atoms with van der Waals surface area (Å²) in [6, 6.07) is 16.9. The molecule has 1 N–H and O–H groups in total. The number of sulfonamides is 1. The zero-order valence-electron chi connectivity index (χ0n) is 19.8. The standard InChI is InChI=1S/C25H22ClN3O6S2/c1-34-14-13-29-21-12-5-17(24(31)35-2)15-22(21)36-25(29)27-23(30)16-3-8-19(9-4-16)28-37(32,33)20-10-6-18(26)7-11-20/h3-12,15,28H,13-14H2,1-2H3. The largest absolute Gasteiger partial charge is 0.465 e. The van der Waals surface area contributed by atoms with Gasteiger partial charge in [-0.15, -0.1) is 0 Å². The number of thiazole rings is 1. The van der Waals surface area contributed by atoms with E-state index in [4.69, 9.17) is 21.1 Å². The first-order valence-electron chi connectivity index (χ1n) is 10.9. The Kier molecular flexibility index (Phi) is 8.08. The Morgan fingerprint density at radius 3 is 2.32 bits per heavy atom. The number of fused-ring (bicyclic) bond motifs is 1. The Labute approximate surface area is 222 Å². The van der Waals surface area contributed by atoms with Crippen LogP contribution in [0.1, 0.15) is 20.7 Å². The van der Waals surface area contributed by atoms with Gasteiger partial charge in [-0.05, 0) is 66.7 Å². The van der Waals surface area contributed by atoms with Crippen LogP contribution >= 0.6 is 22.9 Å². The number of hydrogen-bond acceptors (Lipinski definition) is 7. The molecule has 0 spiro atoms. The normalized spacial score (nSPS) is 12.0. The Balaban J connectivity index is 1.62. The summed E-state index contributed by atoms with van der Waals surface area (Å²) in [5, 5.41) is 0.427. The summed E-state index contributed by atoms with van der Waals surface area (Å²) < 4.78 is 40.2. The Hall–Kier alpha value is -3.51. The van der Waals surface area contributed by atoms with Gasteiger partial charge in [-0.2, -0.15) is 4.99 Å². The summed E-state index contributed by atoms with van der Waals surface area (Å²) in [6.07, 6.45) is 0. The molecule has 0 bridgehead atoms. The van der Waals surface area contributed by atoms with Crippen LogP contribution in [0.2, 0.25) is 5.02 Å². The highest BCUT2D eigenvalue weighted by Gasteiger charge is 2.15. The fourth-order valence-corrected chi connectivity index (χ4v) is 5.74. The van der Waals surface area contributed by atoms with Crippen molar-refractivity contribution in [3.05, 3.63) is 87.7 Å². The Bertz CT molecular complexity index is 1630. The molecule has 9 nitrogen and oxygen atoms in total. The number of rotatable bonds is 8. The SMILES string of the molecule is COCCn1c(=NC(=O)c2ccc(NS(=O)(=O)c3ccc(Cl)cc3)cc2)sc2cc(C(=O)OC)ccc21. The second kappa shape index (κ2) is 11.3. The quantitative estimate of drug-likeness (QED) is 0.321. The molecular weight excluding hydrogens is 538 g/mol. The van der Waals surface area contributed by atoms with Crippen LogP contribution in [-0.4, -0.2) is 45.7 Å². The molecular formula is C25H22ClN3O6S2. The second-order valence-corrected chi connectivity index (χ2v) is 10.9. The molecule has 1 aromatic heterocycles. The van der Waals surface area contributed by atoms with Crippen molar-refractivity contribution in [2.45, 2.75) is 11.4 Å². The van der Waals surface area contributed by atoms with Crippen LogP contribution in [0.4, 0.5) is 5.69 Å². The number of aromatic nitrogens is 1. The number of carbonyl (C=O) groups is 2. The third-order valence-electron chi connectivity index (χ3n) is 5.33. The summed E-state index contributed by atoms with van der Waals surface area (Å²) in [4.78, 5) is 29.7. The number of hydrogen-bond donors (Lipinski definition) is 1. The zero-order valence-corrected chi connectivity index (χ0v) is 22.2. The molecule has 0 aliphatic heterocycles. The molecule has 0 aliphatic rings. The van der Waals surface area contributed by atoms with Gasteiger partial charge in [-0.25, -0.2) is 13.2 Å². The lowest BCUT2D eigenvalue weighted by Crippen LogP contribution is -2.19. The first-order chi connectivity index (χ1) is 17.7. The average Bonchev–Trinajstić information content (AvgIpc) is 3.23. The molecule has 192 valence electrons. The van der Waals surface area contributed by atoms with Crippen LogP contribution in [0.3, 0.4) is 0 Å². The van der Waals surface area contributed by atoms with Gasteiger partial charge in [0.05, 0.1) is 34.4 Å². The van der Waals surface area contributed by atoms with Gasteiger partial charge < -0.3 is 14.0 Å². The van der Waals surface area contributed by atoms with Crippen LogP contribution in [0.25, 0.3) is 10.2 Å². The van der Waals surface area contributed by atoms with Crippen molar-refractivity contribution < 1.29 is 27.5 Å². The molecule has 0 saturated carbocycles. The summed E-state index contributed by atoms with van der Waals surface area (Å²) >= 11 is 7.09. The van der Waals surface area contributed by atoms with Crippen LogP contribution in [-0.2, 0) is 26.0 Å². The van der Waals surface area contributed by atoms with E-state index in [0.717, 1.165) is 10.2 Å². The maximum atomic E-state index is 13.0. The van der Waals surface area contributed by atoms with Crippen LogP contribution in [0.5, 0.6) is 0 Å². The molecule has 3 aromatic carbocycles. The van der Waals surface area contributed by atoms with Gasteiger partial charge in [-0.3, -0.25) is 9.52 Å². The number of ether oxygens (including phenoxy) is 2. The first-order valence-corrected chi connectivity index (χ1v) is 13.6. The molecule has 1 amide bonds. The van der Waals surface area contributed by atoms with E-state index in [2.05, 4.69) is 9.71 Å². The minimum absolute atomic E-state index is 0.0628. The topological polar surface area (TPSA) is 116 Å². The van der Waals surface area contributed by atoms with E-state index in [1.165, 1.54) is 67.0 Å². The molecule has 0 radical (unpaired) electrons. The third-order valence-corrected chi connectivity index (χ3v) is 8.02. The van der Waals surface area contributed by atoms with Gasteiger partial charge >= 0.3 is 5.97 Å². The van der Waals surface area contributed by atoms with E-state index < -0.39 is 21.9 Å². The molecule has 4 aromatic rings. The number of nitrogens with zero attached hydrogens (tertiary/aromatic N) is 2. The van der Waals surface area contributed by atoms with Crippen LogP contribution in [0.15, 0.2) is 76.6 Å². The molecule has 0 unspecified atom stereocenters. The maximum absolute atomic E-state index is 13.0. The number of anilines is 1. The number of esters is 1. The maximum Gasteiger partial charge on any atom is 0.337 e. The van der Waals surface area contributed by atoms with E-state index in [1.54, 1.807) is 25.3 Å². The lowest BCUT2D eigenvalue weighted by atomic mass is 10.2. The highest BCUT2D eigenvalue weighted by Crippen LogP contribution is 2.21. The summed E-state index contributed by atoms with van der Waals surface area (Å²) in [5.74, 6) is -0.960. The summed E-state index contributed by atoms with van der Waals surface area (Å²) in [7, 11) is -0.925. The summed E-state index contributed by atoms with van der Waals surface area (Å²) in [5.41, 5.74) is 1.76. The lowest BCUT2D eigenvalue weighted by Gasteiger charge is -2.08. The van der Waals surface area contributed by atoms with Crippen molar-refractivity contribution in [3.8, 4) is 0 Å². The first kappa shape index (κ1) is 26.6. The van der Waals surface area contributed by atoms with Crippen molar-refractivity contribution in [3.63, 3.8) is 0 Å². The predicted molar refractivity (Wildman–Crippen MR) is 142 cm³/mol. The van der Waals surface area contributed by atoms with E-state index in [9.17, 15) is 18.0 Å². The van der Waals surface area contributed by atoms with Gasteiger partial charge in [0.1, 0.15) is 0 Å². The molecule has 12 heteroatoms. The lowest BCUT2D eigenvalue weighted by molar-refractivity contribution is 0.0600. The van der Waals surface area contributed by atoms with Crippen LogP contribution < -0.4 is 9.52 Å². The minimum atomic E-state index is -3.82. The van der Waals surface area contributed by atoms with Crippen molar-refractivity contribution in [1.29, 1.82) is 0 Å². The fraction of sp³-hybridized carbons (Fsp3) is 0.160. The van der Waals surface area contributed by atoms with E-state index >= 15 is 0 Å². The molecule has 1 heterocycles. The fourth-order valence-electron chi connectivity index (χ4n) is 3.46. The van der Waals surface area contributed by atoms with E-state index in [0.29, 0.717) is 34.2 Å². The number of benzene rings is 3. The number of nitrogens with one attached hydrogen (secondary N) is 1. The van der Waals surface area contributed by atoms with Crippen molar-refractivity contribution in [2.24, 2.45) is 4.99 Å². The number of methoxy groups -OCH3 is 2. The molecule has 37 heavy (non-hydrogen) atoms. The average molecular weight is 560 g/mol. The predicted octanol–water partition coefficient (Wildman–Crippen LogP) is 4.33. The number of halogens is 1. The second-order valence-electron chi connectivity index (χ2n) is 7.76. The van der Waals surface area contributed by atoms with Crippen LogP contribution in [0, 0.1) is 0 Å². The highest BCUT2D eigenvalue weighted by atomic mass is 35.5. The van der Waals surface area contributed by atoms with E-state index in [1.807, 2.05) is 4.57 Å². The Morgan fingerprint density at radius 1 is 1.00 bits per heavy atom. The number of amides is 1. The van der Waals surface area contributed by atoms with Gasteiger partial charge in [-0.1, -0.05) is 22.9 Å². The minimum Gasteiger partial charge on any atom is -0.465 e. The molecule has 0 saturated heterocycles. The molecule has 0 fully saturated rings. The summed E-state index contributed by atoms with van der Waals surface area (Å²) in [6.45, 7) is 0.847. The third kappa shape index (κ3) is 6.08. The van der Waals surface area contributed by atoms with Crippen molar-refractivity contribution in [2.75, 3.05) is 25.5 Å². The molecule has 0 atom stereocenters. The van der Waals surface area contributed by atoms with Gasteiger partial charge in [0, 0.05) is 29.9 Å². The number of carbonyl (C=O) groups excluding carboxylic acids is 2. The van der Waals surface area contributed by atoms with E-state index in [-0.39, 0.29) is 10.5 Å². The zero-order chi connectivity index (χ0) is 26.6. The van der Waals surface area contributed by atoms with Crippen molar-refractivity contribution >= 4 is 60.7 Å². The highest BCUT2D eigenvalue weighted by molar-refractivity contribution is 7.92. The van der Waals surface area contributed by atoms with Gasteiger partial charge in [0.25, 0.3) is 15.9 Å². The van der Waals surface area contributed by atoms with Crippen molar-refractivity contribution in [1.82, 2.24) is 4.57 Å². The monoisotopic (exact) mass is 559 g/mol. The Morgan fingerprint density at radius 2 is 1.68 bits per heavy atom. The van der Waals surface area contributed by atoms with Gasteiger partial charge in [0.15, 0.2) is 4.80 Å². The smallest absolute Gasteiger partial charge is 0.337 e. The molecule has 4 rings (SSSR count). The molecule has 0 aliphatic carbocycles.